The van der Waals surface area contributed by atoms with E-state index in [1.165, 1.54) is 0 Å². The standard InChI is InChI=1S/C9H11ClF2N2O3/c1-5(15)14-7(9(11)12)2-8(13-14)17-4-6(16)3-10/h2,6,9,16H,3-4H2,1H3/t6-/m1/s1. The largest absolute Gasteiger partial charge is 0.474 e. The Bertz CT molecular complexity index is 398. The molecule has 0 saturated carbocycles. The molecule has 0 bridgehead atoms. The van der Waals surface area contributed by atoms with Crippen molar-refractivity contribution in [3.63, 3.8) is 0 Å². The molecule has 0 fully saturated rings. The van der Waals surface area contributed by atoms with Crippen LogP contribution in [0.1, 0.15) is 23.8 Å². The zero-order valence-electron chi connectivity index (χ0n) is 8.94. The van der Waals surface area contributed by atoms with Gasteiger partial charge >= 0.3 is 0 Å². The van der Waals surface area contributed by atoms with E-state index in [0.717, 1.165) is 13.0 Å². The molecule has 0 amide bonds. The first kappa shape index (κ1) is 13.9. The molecule has 8 heteroatoms. The predicted molar refractivity (Wildman–Crippen MR) is 55.7 cm³/mol. The zero-order valence-corrected chi connectivity index (χ0v) is 9.69. The quantitative estimate of drug-likeness (QED) is 0.821. The number of nitrogens with zero attached hydrogens (tertiary/aromatic N) is 2. The average molecular weight is 269 g/mol. The first-order chi connectivity index (χ1) is 7.95. The lowest BCUT2D eigenvalue weighted by atomic mass is 10.4. The van der Waals surface area contributed by atoms with E-state index in [2.05, 4.69) is 5.10 Å². The smallest absolute Gasteiger partial charge is 0.280 e. The van der Waals surface area contributed by atoms with Crippen molar-refractivity contribution in [1.82, 2.24) is 9.78 Å². The Labute approximate surface area is 101 Å². The lowest BCUT2D eigenvalue weighted by Crippen LogP contribution is -2.19. The van der Waals surface area contributed by atoms with Crippen molar-refractivity contribution < 1.29 is 23.4 Å². The van der Waals surface area contributed by atoms with E-state index in [1.807, 2.05) is 0 Å². The van der Waals surface area contributed by atoms with Gasteiger partial charge in [0.2, 0.25) is 11.8 Å². The van der Waals surface area contributed by atoms with Crippen molar-refractivity contribution in [3.8, 4) is 5.88 Å². The van der Waals surface area contributed by atoms with E-state index in [0.29, 0.717) is 4.68 Å². The summed E-state index contributed by atoms with van der Waals surface area (Å²) in [6.07, 6.45) is -3.75. The summed E-state index contributed by atoms with van der Waals surface area (Å²) in [5.41, 5.74) is -0.548. The first-order valence-electron chi connectivity index (χ1n) is 4.71. The molecule has 1 aromatic heterocycles. The van der Waals surface area contributed by atoms with Crippen molar-refractivity contribution in [3.05, 3.63) is 11.8 Å². The Morgan fingerprint density at radius 3 is 2.76 bits per heavy atom. The van der Waals surface area contributed by atoms with E-state index in [1.54, 1.807) is 0 Å². The summed E-state index contributed by atoms with van der Waals surface area (Å²) < 4.78 is 30.5. The molecule has 1 N–H and O–H groups in total. The number of carbonyl (C=O) groups excluding carboxylic acids is 1. The third kappa shape index (κ3) is 3.64. The Morgan fingerprint density at radius 2 is 2.35 bits per heavy atom. The minimum Gasteiger partial charge on any atom is -0.474 e. The highest BCUT2D eigenvalue weighted by atomic mass is 35.5. The number of hydrogen-bond donors (Lipinski definition) is 1. The maximum absolute atomic E-state index is 12.5. The molecule has 0 spiro atoms. The number of hydrogen-bond acceptors (Lipinski definition) is 4. The van der Waals surface area contributed by atoms with Crippen LogP contribution in [0.2, 0.25) is 0 Å². The summed E-state index contributed by atoms with van der Waals surface area (Å²) in [6, 6.07) is 0.951. The fraction of sp³-hybridized carbons (Fsp3) is 0.556. The van der Waals surface area contributed by atoms with Gasteiger partial charge in [0.1, 0.15) is 18.4 Å². The summed E-state index contributed by atoms with van der Waals surface area (Å²) in [7, 11) is 0. The molecule has 0 aromatic carbocycles. The second kappa shape index (κ2) is 5.92. The number of aliphatic hydroxyl groups excluding tert-OH is 1. The minimum atomic E-state index is -2.83. The van der Waals surface area contributed by atoms with Gasteiger partial charge in [-0.1, -0.05) is 0 Å². The molecule has 0 unspecified atom stereocenters. The van der Waals surface area contributed by atoms with E-state index in [4.69, 9.17) is 21.4 Å². The molecule has 5 nitrogen and oxygen atoms in total. The van der Waals surface area contributed by atoms with Gasteiger partial charge in [-0.3, -0.25) is 4.79 Å². The lowest BCUT2D eigenvalue weighted by Gasteiger charge is -2.06. The summed E-state index contributed by atoms with van der Waals surface area (Å²) in [5.74, 6) is -0.845. The lowest BCUT2D eigenvalue weighted by molar-refractivity contribution is 0.0871. The average Bonchev–Trinajstić information content (AvgIpc) is 2.70. The van der Waals surface area contributed by atoms with Crippen molar-refractivity contribution in [1.29, 1.82) is 0 Å². The van der Waals surface area contributed by atoms with Gasteiger partial charge in [-0.05, 0) is 0 Å². The third-order valence-electron chi connectivity index (χ3n) is 1.84. The Balaban J connectivity index is 2.81. The molecule has 1 rings (SSSR count). The highest BCUT2D eigenvalue weighted by Gasteiger charge is 2.20. The molecular weight excluding hydrogens is 258 g/mol. The molecule has 0 radical (unpaired) electrons. The second-order valence-electron chi connectivity index (χ2n) is 3.26. The number of halogens is 3. The number of aromatic nitrogens is 2. The van der Waals surface area contributed by atoms with Gasteiger partial charge in [-0.15, -0.1) is 16.7 Å². The molecule has 17 heavy (non-hydrogen) atoms. The minimum absolute atomic E-state index is 0.0465. The molecule has 0 aliphatic carbocycles. The zero-order chi connectivity index (χ0) is 13.0. The maximum Gasteiger partial charge on any atom is 0.280 e. The molecule has 0 aliphatic heterocycles. The van der Waals surface area contributed by atoms with Crippen molar-refractivity contribution >= 4 is 17.5 Å². The van der Waals surface area contributed by atoms with Gasteiger partial charge < -0.3 is 9.84 Å². The molecule has 0 saturated heterocycles. The van der Waals surface area contributed by atoms with Crippen molar-refractivity contribution in [2.24, 2.45) is 0 Å². The number of rotatable bonds is 5. The first-order valence-corrected chi connectivity index (χ1v) is 5.25. The monoisotopic (exact) mass is 268 g/mol. The van der Waals surface area contributed by atoms with Crippen LogP contribution in [0.15, 0.2) is 6.07 Å². The fourth-order valence-corrected chi connectivity index (χ4v) is 1.17. The van der Waals surface area contributed by atoms with Crippen LogP contribution in [0.3, 0.4) is 0 Å². The van der Waals surface area contributed by atoms with Crippen LogP contribution in [0.25, 0.3) is 0 Å². The SMILES string of the molecule is CC(=O)n1nc(OC[C@H](O)CCl)cc1C(F)F. The highest BCUT2D eigenvalue weighted by molar-refractivity contribution is 6.18. The van der Waals surface area contributed by atoms with Crippen LogP contribution in [0.5, 0.6) is 5.88 Å². The number of aliphatic hydroxyl groups is 1. The summed E-state index contributed by atoms with van der Waals surface area (Å²) in [5, 5.41) is 12.7. The van der Waals surface area contributed by atoms with Gasteiger partial charge in [0, 0.05) is 13.0 Å². The van der Waals surface area contributed by atoms with Gasteiger partial charge in [0.15, 0.2) is 0 Å². The fourth-order valence-electron chi connectivity index (χ4n) is 1.08. The van der Waals surface area contributed by atoms with Crippen LogP contribution in [0.4, 0.5) is 8.78 Å². The van der Waals surface area contributed by atoms with Gasteiger partial charge in [0.25, 0.3) is 6.43 Å². The van der Waals surface area contributed by atoms with Crippen LogP contribution in [0, 0.1) is 0 Å². The number of alkyl halides is 3. The van der Waals surface area contributed by atoms with Gasteiger partial charge in [0.05, 0.1) is 5.88 Å². The van der Waals surface area contributed by atoms with Crippen molar-refractivity contribution in [2.45, 2.75) is 19.5 Å². The predicted octanol–water partition coefficient (Wildman–Crippen LogP) is 1.46. The molecular formula is C9H11ClF2N2O3. The molecule has 96 valence electrons. The van der Waals surface area contributed by atoms with Crippen LogP contribution >= 0.6 is 11.6 Å². The van der Waals surface area contributed by atoms with Crippen LogP contribution in [-0.2, 0) is 0 Å². The second-order valence-corrected chi connectivity index (χ2v) is 3.57. The molecule has 1 atom stereocenters. The molecule has 1 aromatic rings. The van der Waals surface area contributed by atoms with Gasteiger partial charge in [-0.2, -0.15) is 4.68 Å². The molecule has 1 heterocycles. The van der Waals surface area contributed by atoms with Crippen molar-refractivity contribution in [2.75, 3.05) is 12.5 Å². The maximum atomic E-state index is 12.5. The van der Waals surface area contributed by atoms with E-state index in [-0.39, 0.29) is 18.4 Å². The Hall–Kier alpha value is -1.21. The number of carbonyl (C=O) groups is 1. The van der Waals surface area contributed by atoms with Gasteiger partial charge in [-0.25, -0.2) is 8.78 Å². The topological polar surface area (TPSA) is 64.4 Å². The number of ether oxygens (including phenoxy) is 1. The highest BCUT2D eigenvalue weighted by Crippen LogP contribution is 2.23. The summed E-state index contributed by atoms with van der Waals surface area (Å²) in [6.45, 7) is 0.928. The molecule has 0 aliphatic rings. The van der Waals surface area contributed by atoms with E-state index < -0.39 is 24.1 Å². The van der Waals surface area contributed by atoms with Crippen LogP contribution < -0.4 is 4.74 Å². The van der Waals surface area contributed by atoms with Crippen LogP contribution in [-0.4, -0.2) is 39.4 Å². The van der Waals surface area contributed by atoms with E-state index in [9.17, 15) is 13.6 Å². The Kier molecular flexibility index (Phi) is 4.83. The Morgan fingerprint density at radius 1 is 1.71 bits per heavy atom. The third-order valence-corrected chi connectivity index (χ3v) is 2.19. The summed E-state index contributed by atoms with van der Waals surface area (Å²) in [4.78, 5) is 11.0. The summed E-state index contributed by atoms with van der Waals surface area (Å²) >= 11 is 5.33. The normalized spacial score (nSPS) is 12.8. The van der Waals surface area contributed by atoms with E-state index >= 15 is 0 Å².